The number of allylic oxidation sites excluding steroid dienone is 1. The topological polar surface area (TPSA) is 146 Å². The van der Waals surface area contributed by atoms with Crippen molar-refractivity contribution < 1.29 is 19.8 Å². The molecule has 4 atom stereocenters. The molecule has 208 valence electrons. The van der Waals surface area contributed by atoms with Crippen molar-refractivity contribution in [3.63, 3.8) is 0 Å². The van der Waals surface area contributed by atoms with Crippen LogP contribution in [-0.4, -0.2) is 78.3 Å². The van der Waals surface area contributed by atoms with Gasteiger partial charge in [-0.2, -0.15) is 9.61 Å². The number of aliphatic hydroxyl groups is 2. The molecule has 5 heterocycles. The van der Waals surface area contributed by atoms with Crippen LogP contribution in [0.3, 0.4) is 0 Å². The lowest BCUT2D eigenvalue weighted by atomic mass is 9.74. The smallest absolute Gasteiger partial charge is 0.175 e. The molecule has 10 nitrogen and oxygen atoms in total. The number of piperidine rings is 1. The SMILES string of the molecule is CC(=O)c1c(CC2CC(CO)N3C(C2)CC3C(=O)CO)nc2c(C3=CN=C(c4ccccc4)CC3)cnn2c1N. The van der Waals surface area contributed by atoms with Gasteiger partial charge in [-0.1, -0.05) is 30.3 Å². The molecule has 1 aromatic carbocycles. The highest BCUT2D eigenvalue weighted by Gasteiger charge is 2.49. The van der Waals surface area contributed by atoms with E-state index in [2.05, 4.69) is 22.1 Å². The summed E-state index contributed by atoms with van der Waals surface area (Å²) in [5, 5.41) is 23.9. The van der Waals surface area contributed by atoms with Crippen LogP contribution in [0.4, 0.5) is 5.82 Å². The third-order valence-electron chi connectivity index (χ3n) is 8.70. The van der Waals surface area contributed by atoms with Gasteiger partial charge < -0.3 is 15.9 Å². The number of Topliss-reactive ketones (excluding diaryl/α,β-unsaturated/α-hetero) is 2. The number of benzene rings is 1. The van der Waals surface area contributed by atoms with Gasteiger partial charge in [0.1, 0.15) is 12.4 Å². The number of nitrogens with two attached hydrogens (primary N) is 1. The number of fused-ring (bicyclic) bond motifs is 2. The second-order valence-corrected chi connectivity index (χ2v) is 11.1. The summed E-state index contributed by atoms with van der Waals surface area (Å²) < 4.78 is 1.54. The Balaban J connectivity index is 1.31. The number of nitrogens with zero attached hydrogens (tertiary/aromatic N) is 5. The van der Waals surface area contributed by atoms with Gasteiger partial charge in [-0.25, -0.2) is 4.98 Å². The second kappa shape index (κ2) is 10.7. The lowest BCUT2D eigenvalue weighted by molar-refractivity contribution is -0.146. The Morgan fingerprint density at radius 3 is 2.58 bits per heavy atom. The molecule has 2 fully saturated rings. The summed E-state index contributed by atoms with van der Waals surface area (Å²) in [6, 6.07) is 9.79. The van der Waals surface area contributed by atoms with Crippen molar-refractivity contribution in [2.45, 2.75) is 63.6 Å². The van der Waals surface area contributed by atoms with Gasteiger partial charge >= 0.3 is 0 Å². The number of aliphatic imine (C=N–C) groups is 1. The minimum Gasteiger partial charge on any atom is -0.395 e. The van der Waals surface area contributed by atoms with E-state index in [1.807, 2.05) is 24.4 Å². The maximum Gasteiger partial charge on any atom is 0.175 e. The van der Waals surface area contributed by atoms with E-state index in [0.717, 1.165) is 41.7 Å². The lowest BCUT2D eigenvalue weighted by Crippen LogP contribution is -2.67. The molecule has 0 aliphatic carbocycles. The minimum atomic E-state index is -0.482. The Hall–Kier alpha value is -3.73. The first-order chi connectivity index (χ1) is 19.4. The molecule has 6 rings (SSSR count). The highest BCUT2D eigenvalue weighted by molar-refractivity contribution is 6.03. The van der Waals surface area contributed by atoms with E-state index in [4.69, 9.17) is 15.7 Å². The van der Waals surface area contributed by atoms with E-state index in [1.165, 1.54) is 6.92 Å². The fourth-order valence-corrected chi connectivity index (χ4v) is 6.80. The van der Waals surface area contributed by atoms with Gasteiger partial charge in [0.05, 0.1) is 30.1 Å². The van der Waals surface area contributed by atoms with Crippen molar-refractivity contribution in [3.8, 4) is 0 Å². The Morgan fingerprint density at radius 1 is 1.10 bits per heavy atom. The standard InChI is InChI=1S/C30H34N6O4/c1-17(39)28-25(11-18-9-21-12-26(27(40)16-38)35(21)22(10-18)15-37)34-30-23(14-33-36(30)29(28)31)20-7-8-24(32-13-20)19-5-3-2-4-6-19/h2-6,13-14,18,21-22,26,37-38H,7-12,15-16,31H2,1H3. The second-order valence-electron chi connectivity index (χ2n) is 11.1. The highest BCUT2D eigenvalue weighted by Crippen LogP contribution is 2.42. The third-order valence-corrected chi connectivity index (χ3v) is 8.70. The first kappa shape index (κ1) is 26.5. The maximum absolute atomic E-state index is 12.8. The molecular weight excluding hydrogens is 508 g/mol. The van der Waals surface area contributed by atoms with Crippen LogP contribution in [0.25, 0.3) is 11.2 Å². The van der Waals surface area contributed by atoms with E-state index in [0.29, 0.717) is 36.2 Å². The molecule has 3 aliphatic heterocycles. The first-order valence-corrected chi connectivity index (χ1v) is 13.9. The number of rotatable bonds is 8. The Morgan fingerprint density at radius 2 is 1.90 bits per heavy atom. The number of ketones is 2. The minimum absolute atomic E-state index is 0.0667. The largest absolute Gasteiger partial charge is 0.395 e. The van der Waals surface area contributed by atoms with Gasteiger partial charge in [0, 0.05) is 29.6 Å². The molecule has 3 aliphatic rings. The van der Waals surface area contributed by atoms with Crippen LogP contribution in [0.2, 0.25) is 0 Å². The number of nitrogen functional groups attached to an aromatic ring is 1. The average molecular weight is 543 g/mol. The summed E-state index contributed by atoms with van der Waals surface area (Å²) in [5.41, 5.74) is 12.2. The number of hydrogen-bond acceptors (Lipinski definition) is 9. The fraction of sp³-hybridized carbons (Fsp3) is 0.433. The van der Waals surface area contributed by atoms with Crippen molar-refractivity contribution in [3.05, 3.63) is 65.1 Å². The Labute approximate surface area is 232 Å². The maximum atomic E-state index is 12.8. The van der Waals surface area contributed by atoms with Gasteiger partial charge in [0.25, 0.3) is 0 Å². The number of carbonyl (C=O) groups is 2. The summed E-state index contributed by atoms with van der Waals surface area (Å²) in [7, 11) is 0. The van der Waals surface area contributed by atoms with E-state index in [1.54, 1.807) is 10.7 Å². The summed E-state index contributed by atoms with van der Waals surface area (Å²) >= 11 is 0. The van der Waals surface area contributed by atoms with Gasteiger partial charge in [-0.15, -0.1) is 0 Å². The predicted molar refractivity (Wildman–Crippen MR) is 151 cm³/mol. The molecule has 0 amide bonds. The van der Waals surface area contributed by atoms with Crippen molar-refractivity contribution in [1.29, 1.82) is 0 Å². The monoisotopic (exact) mass is 542 g/mol. The van der Waals surface area contributed by atoms with Gasteiger partial charge in [0.15, 0.2) is 17.2 Å². The van der Waals surface area contributed by atoms with Crippen LogP contribution in [0, 0.1) is 5.92 Å². The summed E-state index contributed by atoms with van der Waals surface area (Å²) in [4.78, 5) is 36.7. The number of aromatic nitrogens is 3. The lowest BCUT2D eigenvalue weighted by Gasteiger charge is -2.56. The quantitative estimate of drug-likeness (QED) is 0.368. The first-order valence-electron chi connectivity index (χ1n) is 13.9. The Kier molecular flexibility index (Phi) is 7.07. The molecular formula is C30H34N6O4. The molecule has 4 unspecified atom stereocenters. The van der Waals surface area contributed by atoms with Crippen LogP contribution >= 0.6 is 0 Å². The zero-order valence-electron chi connectivity index (χ0n) is 22.5. The van der Waals surface area contributed by atoms with Gasteiger partial charge in [0.2, 0.25) is 0 Å². The predicted octanol–water partition coefficient (Wildman–Crippen LogP) is 2.46. The number of anilines is 1. The van der Waals surface area contributed by atoms with Crippen molar-refractivity contribution in [1.82, 2.24) is 19.5 Å². The van der Waals surface area contributed by atoms with Crippen LogP contribution < -0.4 is 5.73 Å². The van der Waals surface area contributed by atoms with E-state index in [-0.39, 0.29) is 48.0 Å². The number of hydrogen-bond donors (Lipinski definition) is 3. The summed E-state index contributed by atoms with van der Waals surface area (Å²) in [5.74, 6) is 0.0742. The molecule has 2 saturated heterocycles. The van der Waals surface area contributed by atoms with Gasteiger partial charge in [-0.05, 0) is 62.5 Å². The van der Waals surface area contributed by atoms with Crippen LogP contribution in [0.15, 0.2) is 47.7 Å². The zero-order valence-corrected chi connectivity index (χ0v) is 22.5. The summed E-state index contributed by atoms with van der Waals surface area (Å²) in [6.45, 7) is 0.944. The molecule has 4 N–H and O–H groups in total. The molecule has 0 radical (unpaired) electrons. The average Bonchev–Trinajstić information content (AvgIpc) is 3.38. The fourth-order valence-electron chi connectivity index (χ4n) is 6.80. The zero-order chi connectivity index (χ0) is 28.0. The molecule has 0 bridgehead atoms. The van der Waals surface area contributed by atoms with E-state index < -0.39 is 6.61 Å². The molecule has 0 saturated carbocycles. The van der Waals surface area contributed by atoms with Crippen molar-refractivity contribution in [2.75, 3.05) is 18.9 Å². The van der Waals surface area contributed by atoms with Crippen LogP contribution in [0.5, 0.6) is 0 Å². The van der Waals surface area contributed by atoms with E-state index >= 15 is 0 Å². The van der Waals surface area contributed by atoms with Gasteiger partial charge in [-0.3, -0.25) is 19.5 Å². The summed E-state index contributed by atoms with van der Waals surface area (Å²) in [6.07, 6.45) is 7.90. The van der Waals surface area contributed by atoms with Crippen molar-refractivity contribution >= 4 is 34.3 Å². The van der Waals surface area contributed by atoms with Crippen LogP contribution in [0.1, 0.15) is 66.2 Å². The van der Waals surface area contributed by atoms with Crippen molar-refractivity contribution in [2.24, 2.45) is 10.9 Å². The molecule has 10 heteroatoms. The highest BCUT2D eigenvalue weighted by atomic mass is 16.3. The Bertz CT molecular complexity index is 1530. The normalized spacial score (nSPS) is 24.7. The van der Waals surface area contributed by atoms with E-state index in [9.17, 15) is 19.8 Å². The number of aliphatic hydroxyl groups excluding tert-OH is 2. The molecule has 3 aromatic rings. The van der Waals surface area contributed by atoms with Crippen LogP contribution in [-0.2, 0) is 11.2 Å². The molecule has 40 heavy (non-hydrogen) atoms. The third kappa shape index (κ3) is 4.55. The molecule has 0 spiro atoms. The molecule has 2 aromatic heterocycles. The number of carbonyl (C=O) groups excluding carboxylic acids is 2.